The van der Waals surface area contributed by atoms with Gasteiger partial charge in [-0.15, -0.1) is 0 Å². The molecule has 0 spiro atoms. The topological polar surface area (TPSA) is 20.2 Å². The van der Waals surface area contributed by atoms with Crippen molar-refractivity contribution in [3.05, 3.63) is 12.2 Å². The lowest BCUT2D eigenvalue weighted by Crippen LogP contribution is -1.83. The molecule has 11 heavy (non-hydrogen) atoms. The van der Waals surface area contributed by atoms with Crippen LogP contribution in [0.3, 0.4) is 0 Å². The lowest BCUT2D eigenvalue weighted by molar-refractivity contribution is 0.596. The molecule has 64 valence electrons. The van der Waals surface area contributed by atoms with Gasteiger partial charge in [0.1, 0.15) is 0 Å². The molecule has 0 saturated heterocycles. The summed E-state index contributed by atoms with van der Waals surface area (Å²) in [5.74, 6) is 0. The van der Waals surface area contributed by atoms with E-state index in [1.165, 1.54) is 19.3 Å². The minimum atomic E-state index is 0.136. The van der Waals surface area contributed by atoms with E-state index in [0.29, 0.717) is 0 Å². The fourth-order valence-electron chi connectivity index (χ4n) is 0.857. The Morgan fingerprint density at radius 2 is 1.82 bits per heavy atom. The third-order valence-electron chi connectivity index (χ3n) is 1.55. The standard InChI is InChI=1S/C9H18OSi/c1-2-3-4-5-6-7-8-9-11-10/h5-6,10H,2-4,7-9H2,1H3. The first-order valence-electron chi connectivity index (χ1n) is 4.43. The highest BCUT2D eigenvalue weighted by Gasteiger charge is 1.84. The lowest BCUT2D eigenvalue weighted by atomic mass is 10.2. The van der Waals surface area contributed by atoms with Crippen LogP contribution in [0.2, 0.25) is 6.04 Å². The largest absolute Gasteiger partial charge is 0.432 e. The van der Waals surface area contributed by atoms with Gasteiger partial charge >= 0.3 is 0 Å². The van der Waals surface area contributed by atoms with Crippen LogP contribution in [-0.4, -0.2) is 14.6 Å². The normalized spacial score (nSPS) is 11.1. The molecule has 0 aromatic rings. The summed E-state index contributed by atoms with van der Waals surface area (Å²) in [5.41, 5.74) is 0. The average molecular weight is 170 g/mol. The van der Waals surface area contributed by atoms with Crippen LogP contribution in [0.5, 0.6) is 0 Å². The zero-order chi connectivity index (χ0) is 8.36. The van der Waals surface area contributed by atoms with Gasteiger partial charge in [0.2, 0.25) is 9.76 Å². The second-order valence-corrected chi connectivity index (χ2v) is 3.48. The molecule has 0 rings (SSSR count). The Bertz CT molecular complexity index is 91.6. The third kappa shape index (κ3) is 9.92. The summed E-state index contributed by atoms with van der Waals surface area (Å²) in [7, 11) is 0.136. The van der Waals surface area contributed by atoms with Crippen molar-refractivity contribution in [2.24, 2.45) is 0 Å². The Morgan fingerprint density at radius 3 is 2.36 bits per heavy atom. The Morgan fingerprint density at radius 1 is 1.18 bits per heavy atom. The minimum Gasteiger partial charge on any atom is -0.432 e. The summed E-state index contributed by atoms with van der Waals surface area (Å²) in [6.07, 6.45) is 10.6. The number of hydrogen-bond donors (Lipinski definition) is 1. The molecule has 0 bridgehead atoms. The Balaban J connectivity index is 2.91. The zero-order valence-electron chi connectivity index (χ0n) is 7.34. The van der Waals surface area contributed by atoms with Gasteiger partial charge in [0, 0.05) is 0 Å². The van der Waals surface area contributed by atoms with Gasteiger partial charge in [0.25, 0.3) is 0 Å². The number of rotatable bonds is 7. The van der Waals surface area contributed by atoms with E-state index in [0.717, 1.165) is 18.9 Å². The monoisotopic (exact) mass is 170 g/mol. The van der Waals surface area contributed by atoms with E-state index in [1.807, 2.05) is 0 Å². The van der Waals surface area contributed by atoms with E-state index in [1.54, 1.807) is 0 Å². The van der Waals surface area contributed by atoms with Gasteiger partial charge in [-0.2, -0.15) is 0 Å². The van der Waals surface area contributed by atoms with Crippen LogP contribution >= 0.6 is 0 Å². The number of hydrogen-bond acceptors (Lipinski definition) is 1. The van der Waals surface area contributed by atoms with Gasteiger partial charge in [0.05, 0.1) is 0 Å². The highest BCUT2D eigenvalue weighted by atomic mass is 28.2. The highest BCUT2D eigenvalue weighted by molar-refractivity contribution is 6.25. The Kier molecular flexibility index (Phi) is 9.84. The van der Waals surface area contributed by atoms with Crippen LogP contribution in [0.4, 0.5) is 0 Å². The third-order valence-corrected chi connectivity index (χ3v) is 2.13. The van der Waals surface area contributed by atoms with Gasteiger partial charge < -0.3 is 4.80 Å². The molecular formula is C9H18OSi. The predicted octanol–water partition coefficient (Wildman–Crippen LogP) is 2.54. The first-order valence-corrected chi connectivity index (χ1v) is 5.59. The summed E-state index contributed by atoms with van der Waals surface area (Å²) < 4.78 is 0. The van der Waals surface area contributed by atoms with Crippen molar-refractivity contribution < 1.29 is 4.80 Å². The highest BCUT2D eigenvalue weighted by Crippen LogP contribution is 1.99. The molecule has 0 aliphatic carbocycles. The van der Waals surface area contributed by atoms with E-state index >= 15 is 0 Å². The maximum Gasteiger partial charge on any atom is 0.224 e. The van der Waals surface area contributed by atoms with E-state index in [4.69, 9.17) is 4.80 Å². The molecule has 0 saturated carbocycles. The Labute approximate surface area is 72.5 Å². The summed E-state index contributed by atoms with van der Waals surface area (Å²) in [6.45, 7) is 2.21. The van der Waals surface area contributed by atoms with Crippen molar-refractivity contribution in [3.8, 4) is 0 Å². The van der Waals surface area contributed by atoms with E-state index in [-0.39, 0.29) is 9.76 Å². The van der Waals surface area contributed by atoms with Crippen LogP contribution in [0.15, 0.2) is 12.2 Å². The van der Waals surface area contributed by atoms with Gasteiger partial charge in [-0.05, 0) is 18.9 Å². The molecule has 0 atom stereocenters. The van der Waals surface area contributed by atoms with Crippen molar-refractivity contribution in [2.75, 3.05) is 0 Å². The van der Waals surface area contributed by atoms with Crippen molar-refractivity contribution in [3.63, 3.8) is 0 Å². The lowest BCUT2D eigenvalue weighted by Gasteiger charge is -1.90. The van der Waals surface area contributed by atoms with Crippen molar-refractivity contribution in [1.82, 2.24) is 0 Å². The van der Waals surface area contributed by atoms with E-state index in [9.17, 15) is 0 Å². The quantitative estimate of drug-likeness (QED) is 0.354. The molecule has 0 amide bonds. The SMILES string of the molecule is CCCCC=CCCC[Si]O. The Hall–Kier alpha value is -0.0831. The van der Waals surface area contributed by atoms with Gasteiger partial charge in [-0.25, -0.2) is 0 Å². The molecule has 0 heterocycles. The maximum atomic E-state index is 8.51. The second kappa shape index (κ2) is 9.92. The molecule has 0 aliphatic heterocycles. The summed E-state index contributed by atoms with van der Waals surface area (Å²) in [5, 5.41) is 0. The first-order chi connectivity index (χ1) is 5.41. The molecule has 1 N–H and O–H groups in total. The summed E-state index contributed by atoms with van der Waals surface area (Å²) in [4.78, 5) is 8.51. The molecule has 1 nitrogen and oxygen atoms in total. The minimum absolute atomic E-state index is 0.136. The van der Waals surface area contributed by atoms with Crippen LogP contribution in [0.25, 0.3) is 0 Å². The molecule has 2 radical (unpaired) electrons. The van der Waals surface area contributed by atoms with Gasteiger partial charge in [-0.1, -0.05) is 38.3 Å². The second-order valence-electron chi connectivity index (χ2n) is 2.66. The maximum absolute atomic E-state index is 8.51. The van der Waals surface area contributed by atoms with Crippen molar-refractivity contribution in [1.29, 1.82) is 0 Å². The zero-order valence-corrected chi connectivity index (χ0v) is 8.34. The van der Waals surface area contributed by atoms with E-state index in [2.05, 4.69) is 19.1 Å². The molecule has 0 aromatic heterocycles. The van der Waals surface area contributed by atoms with Crippen LogP contribution in [-0.2, 0) is 0 Å². The summed E-state index contributed by atoms with van der Waals surface area (Å²) >= 11 is 0. The van der Waals surface area contributed by atoms with E-state index < -0.39 is 0 Å². The van der Waals surface area contributed by atoms with Gasteiger partial charge in [-0.3, -0.25) is 0 Å². The van der Waals surface area contributed by atoms with Crippen molar-refractivity contribution >= 4 is 9.76 Å². The molecule has 0 fully saturated rings. The molecule has 2 heteroatoms. The fraction of sp³-hybridized carbons (Fsp3) is 0.778. The predicted molar refractivity (Wildman–Crippen MR) is 50.7 cm³/mol. The fourth-order valence-corrected chi connectivity index (χ4v) is 1.22. The first kappa shape index (κ1) is 10.9. The van der Waals surface area contributed by atoms with Crippen LogP contribution in [0.1, 0.15) is 39.0 Å². The number of allylic oxidation sites excluding steroid dienone is 2. The van der Waals surface area contributed by atoms with Crippen LogP contribution < -0.4 is 0 Å². The van der Waals surface area contributed by atoms with Crippen molar-refractivity contribution in [2.45, 2.75) is 45.1 Å². The molecule has 0 unspecified atom stereocenters. The molecule has 0 aliphatic rings. The smallest absolute Gasteiger partial charge is 0.224 e. The van der Waals surface area contributed by atoms with Crippen LogP contribution in [0, 0.1) is 0 Å². The average Bonchev–Trinajstić information content (AvgIpc) is 2.03. The summed E-state index contributed by atoms with van der Waals surface area (Å²) in [6, 6.07) is 0.970. The van der Waals surface area contributed by atoms with Gasteiger partial charge in [0.15, 0.2) is 0 Å². The molecule has 0 aromatic carbocycles. The number of unbranched alkanes of at least 4 members (excludes halogenated alkanes) is 3. The molecular weight excluding hydrogens is 152 g/mol.